The fourth-order valence-corrected chi connectivity index (χ4v) is 4.13. The van der Waals surface area contributed by atoms with E-state index in [0.29, 0.717) is 35.5 Å². The van der Waals surface area contributed by atoms with Gasteiger partial charge in [-0.2, -0.15) is 4.31 Å². The topological polar surface area (TPSA) is 63.4 Å². The molecule has 106 valence electrons. The summed E-state index contributed by atoms with van der Waals surface area (Å²) in [5.41, 5.74) is 6.15. The van der Waals surface area contributed by atoms with E-state index in [1.54, 1.807) is 22.5 Å². The summed E-state index contributed by atoms with van der Waals surface area (Å²) in [5.74, 6) is 1.25. The minimum Gasteiger partial charge on any atom is -0.399 e. The predicted molar refractivity (Wildman–Crippen MR) is 77.2 cm³/mol. The van der Waals surface area contributed by atoms with Gasteiger partial charge in [-0.1, -0.05) is 19.9 Å². The molecule has 1 saturated heterocycles. The zero-order valence-electron chi connectivity index (χ0n) is 11.5. The largest absolute Gasteiger partial charge is 0.399 e. The van der Waals surface area contributed by atoms with Crippen molar-refractivity contribution >= 4 is 15.7 Å². The zero-order chi connectivity index (χ0) is 14.0. The van der Waals surface area contributed by atoms with E-state index in [2.05, 4.69) is 13.8 Å². The minimum absolute atomic E-state index is 0.301. The molecule has 0 bridgehead atoms. The number of benzene rings is 1. The van der Waals surface area contributed by atoms with Crippen LogP contribution in [0.3, 0.4) is 0 Å². The van der Waals surface area contributed by atoms with Crippen molar-refractivity contribution in [3.05, 3.63) is 24.3 Å². The molecule has 1 heterocycles. The number of nitrogen functional groups attached to an aromatic ring is 1. The molecule has 4 nitrogen and oxygen atoms in total. The van der Waals surface area contributed by atoms with Gasteiger partial charge in [-0.3, -0.25) is 0 Å². The molecule has 5 heteroatoms. The van der Waals surface area contributed by atoms with E-state index in [0.717, 1.165) is 12.8 Å². The van der Waals surface area contributed by atoms with E-state index >= 15 is 0 Å². The van der Waals surface area contributed by atoms with Gasteiger partial charge < -0.3 is 5.73 Å². The number of piperidine rings is 1. The second-order valence-corrected chi connectivity index (χ2v) is 7.50. The number of anilines is 1. The summed E-state index contributed by atoms with van der Waals surface area (Å²) < 4.78 is 26.6. The van der Waals surface area contributed by atoms with Crippen LogP contribution in [-0.4, -0.2) is 25.8 Å². The molecular formula is C14H22N2O2S. The Morgan fingerprint density at radius 1 is 1.26 bits per heavy atom. The standard InChI is InChI=1S/C14H22N2O2S/c1-11(2)12-6-8-16(9-7-12)19(17,18)14-5-3-4-13(15)10-14/h3-5,10-12H,6-9,15H2,1-2H3. The highest BCUT2D eigenvalue weighted by molar-refractivity contribution is 7.89. The van der Waals surface area contributed by atoms with E-state index < -0.39 is 10.0 Å². The highest BCUT2D eigenvalue weighted by Gasteiger charge is 2.30. The monoisotopic (exact) mass is 282 g/mol. The average molecular weight is 282 g/mol. The molecule has 0 radical (unpaired) electrons. The number of hydrogen-bond acceptors (Lipinski definition) is 3. The fourth-order valence-electron chi connectivity index (χ4n) is 2.61. The summed E-state index contributed by atoms with van der Waals surface area (Å²) in [6.07, 6.45) is 1.89. The third-order valence-electron chi connectivity index (χ3n) is 3.94. The van der Waals surface area contributed by atoms with Gasteiger partial charge >= 0.3 is 0 Å². The van der Waals surface area contributed by atoms with Crippen LogP contribution in [0.2, 0.25) is 0 Å². The molecule has 0 unspecified atom stereocenters. The maximum Gasteiger partial charge on any atom is 0.243 e. The summed E-state index contributed by atoms with van der Waals surface area (Å²) in [6, 6.07) is 6.52. The third-order valence-corrected chi connectivity index (χ3v) is 5.83. The molecule has 0 atom stereocenters. The zero-order valence-corrected chi connectivity index (χ0v) is 12.4. The van der Waals surface area contributed by atoms with E-state index in [4.69, 9.17) is 5.73 Å². The van der Waals surface area contributed by atoms with Gasteiger partial charge in [0.2, 0.25) is 10.0 Å². The van der Waals surface area contributed by atoms with Crippen LogP contribution < -0.4 is 5.73 Å². The molecule has 1 fully saturated rings. The summed E-state index contributed by atoms with van der Waals surface area (Å²) in [6.45, 7) is 5.62. The molecule has 19 heavy (non-hydrogen) atoms. The normalized spacial score (nSPS) is 18.9. The molecule has 2 N–H and O–H groups in total. The van der Waals surface area contributed by atoms with Crippen LogP contribution >= 0.6 is 0 Å². The summed E-state index contributed by atoms with van der Waals surface area (Å²) >= 11 is 0. The highest BCUT2D eigenvalue weighted by Crippen LogP contribution is 2.28. The maximum absolute atomic E-state index is 12.5. The molecule has 1 aromatic rings. The lowest BCUT2D eigenvalue weighted by molar-refractivity contribution is 0.226. The molecule has 2 rings (SSSR count). The Morgan fingerprint density at radius 2 is 1.89 bits per heavy atom. The van der Waals surface area contributed by atoms with Gasteiger partial charge in [0, 0.05) is 18.8 Å². The van der Waals surface area contributed by atoms with E-state index in [1.807, 2.05) is 0 Å². The predicted octanol–water partition coefficient (Wildman–Crippen LogP) is 2.33. The van der Waals surface area contributed by atoms with Gasteiger partial charge in [-0.15, -0.1) is 0 Å². The molecule has 0 aromatic heterocycles. The number of sulfonamides is 1. The van der Waals surface area contributed by atoms with Crippen LogP contribution in [0, 0.1) is 11.8 Å². The Labute approximate surface area is 115 Å². The van der Waals surface area contributed by atoms with Crippen LogP contribution in [0.25, 0.3) is 0 Å². The molecule has 1 aliphatic rings. The Morgan fingerprint density at radius 3 is 2.42 bits per heavy atom. The van der Waals surface area contributed by atoms with Gasteiger partial charge in [0.05, 0.1) is 4.90 Å². The quantitative estimate of drug-likeness (QED) is 0.865. The lowest BCUT2D eigenvalue weighted by Crippen LogP contribution is -2.39. The first kappa shape index (κ1) is 14.3. The van der Waals surface area contributed by atoms with Crippen molar-refractivity contribution < 1.29 is 8.42 Å². The summed E-state index contributed by atoms with van der Waals surface area (Å²) in [4.78, 5) is 0.301. The Balaban J connectivity index is 2.14. The second kappa shape index (κ2) is 5.51. The number of rotatable bonds is 3. The van der Waals surface area contributed by atoms with Crippen LogP contribution in [0.5, 0.6) is 0 Å². The van der Waals surface area contributed by atoms with E-state index in [1.165, 1.54) is 6.07 Å². The number of nitrogens with two attached hydrogens (primary N) is 1. The van der Waals surface area contributed by atoms with Gasteiger partial charge in [0.15, 0.2) is 0 Å². The van der Waals surface area contributed by atoms with Crippen molar-refractivity contribution in [2.75, 3.05) is 18.8 Å². The molecular weight excluding hydrogens is 260 g/mol. The van der Waals surface area contributed by atoms with Gasteiger partial charge in [-0.25, -0.2) is 8.42 Å². The van der Waals surface area contributed by atoms with Gasteiger partial charge in [0.25, 0.3) is 0 Å². The van der Waals surface area contributed by atoms with E-state index in [-0.39, 0.29) is 0 Å². The van der Waals surface area contributed by atoms with Crippen molar-refractivity contribution in [1.82, 2.24) is 4.31 Å². The minimum atomic E-state index is -3.38. The molecule has 0 saturated carbocycles. The van der Waals surface area contributed by atoms with Crippen LogP contribution in [0.15, 0.2) is 29.2 Å². The molecule has 0 aliphatic carbocycles. The van der Waals surface area contributed by atoms with Crippen molar-refractivity contribution in [3.8, 4) is 0 Å². The van der Waals surface area contributed by atoms with Crippen LogP contribution in [0.4, 0.5) is 5.69 Å². The van der Waals surface area contributed by atoms with Crippen LogP contribution in [-0.2, 0) is 10.0 Å². The molecule has 1 aliphatic heterocycles. The Hall–Kier alpha value is -1.07. The summed E-state index contributed by atoms with van der Waals surface area (Å²) in [5, 5.41) is 0. The van der Waals surface area contributed by atoms with Crippen LogP contribution in [0.1, 0.15) is 26.7 Å². The molecule has 0 spiro atoms. The third kappa shape index (κ3) is 3.09. The van der Waals surface area contributed by atoms with Gasteiger partial charge in [-0.05, 0) is 42.9 Å². The van der Waals surface area contributed by atoms with Gasteiger partial charge in [0.1, 0.15) is 0 Å². The second-order valence-electron chi connectivity index (χ2n) is 5.56. The average Bonchev–Trinajstić information content (AvgIpc) is 2.39. The highest BCUT2D eigenvalue weighted by atomic mass is 32.2. The fraction of sp³-hybridized carbons (Fsp3) is 0.571. The van der Waals surface area contributed by atoms with Crippen molar-refractivity contribution in [2.24, 2.45) is 11.8 Å². The number of nitrogens with zero attached hydrogens (tertiary/aromatic N) is 1. The lowest BCUT2D eigenvalue weighted by Gasteiger charge is -2.33. The smallest absolute Gasteiger partial charge is 0.243 e. The first-order valence-corrected chi connectivity index (χ1v) is 8.21. The van der Waals surface area contributed by atoms with Crippen molar-refractivity contribution in [3.63, 3.8) is 0 Å². The van der Waals surface area contributed by atoms with Crippen molar-refractivity contribution in [2.45, 2.75) is 31.6 Å². The Kier molecular flexibility index (Phi) is 4.16. The molecule has 1 aromatic carbocycles. The first-order valence-electron chi connectivity index (χ1n) is 6.77. The SMILES string of the molecule is CC(C)C1CCN(S(=O)(=O)c2cccc(N)c2)CC1. The first-order chi connectivity index (χ1) is 8.91. The maximum atomic E-state index is 12.5. The lowest BCUT2D eigenvalue weighted by atomic mass is 9.87. The molecule has 0 amide bonds. The van der Waals surface area contributed by atoms with Crippen molar-refractivity contribution in [1.29, 1.82) is 0 Å². The Bertz CT molecular complexity index is 532. The number of hydrogen-bond donors (Lipinski definition) is 1. The van der Waals surface area contributed by atoms with E-state index in [9.17, 15) is 8.42 Å². The summed E-state index contributed by atoms with van der Waals surface area (Å²) in [7, 11) is -3.38.